The molecule has 3 heteroatoms. The van der Waals surface area contributed by atoms with Crippen LogP contribution < -0.4 is 5.32 Å². The van der Waals surface area contributed by atoms with Crippen molar-refractivity contribution < 1.29 is 4.79 Å². The molecular weight excluding hydrogens is 314 g/mol. The predicted octanol–water partition coefficient (Wildman–Crippen LogP) is 3.74. The molecule has 1 amide bonds. The molecule has 0 aliphatic rings. The van der Waals surface area contributed by atoms with Crippen molar-refractivity contribution in [2.24, 2.45) is 0 Å². The van der Waals surface area contributed by atoms with Crippen LogP contribution in [0.1, 0.15) is 17.5 Å². The van der Waals surface area contributed by atoms with E-state index < -0.39 is 0 Å². The first-order chi connectivity index (χ1) is 9.75. The highest BCUT2D eigenvalue weighted by Gasteiger charge is 2.05. The summed E-state index contributed by atoms with van der Waals surface area (Å²) in [5, 5.41) is 2.97. The van der Waals surface area contributed by atoms with Crippen LogP contribution in [0.25, 0.3) is 0 Å². The zero-order chi connectivity index (χ0) is 14.2. The number of rotatable bonds is 6. The molecule has 1 N–H and O–H groups in total. The Morgan fingerprint density at radius 1 is 1.00 bits per heavy atom. The zero-order valence-corrected chi connectivity index (χ0v) is 12.9. The number of hydrogen-bond acceptors (Lipinski definition) is 1. The highest BCUT2D eigenvalue weighted by Crippen LogP contribution is 2.16. The van der Waals surface area contributed by atoms with Crippen LogP contribution in [0, 0.1) is 0 Å². The normalized spacial score (nSPS) is 10.2. The third kappa shape index (κ3) is 4.82. The van der Waals surface area contributed by atoms with Crippen molar-refractivity contribution in [1.82, 2.24) is 5.32 Å². The molecule has 0 radical (unpaired) electrons. The van der Waals surface area contributed by atoms with Gasteiger partial charge in [-0.15, -0.1) is 0 Å². The maximum Gasteiger partial charge on any atom is 0.224 e. The number of benzene rings is 2. The van der Waals surface area contributed by atoms with Crippen LogP contribution in [0.15, 0.2) is 59.1 Å². The molecule has 2 aromatic rings. The first-order valence-corrected chi connectivity index (χ1v) is 7.59. The van der Waals surface area contributed by atoms with Crippen molar-refractivity contribution in [3.8, 4) is 0 Å². The molecule has 0 aliphatic carbocycles. The van der Waals surface area contributed by atoms with E-state index in [4.69, 9.17) is 0 Å². The number of hydrogen-bond donors (Lipinski definition) is 1. The average Bonchev–Trinajstić information content (AvgIpc) is 2.47. The van der Waals surface area contributed by atoms with Crippen molar-refractivity contribution in [1.29, 1.82) is 0 Å². The van der Waals surface area contributed by atoms with E-state index in [1.54, 1.807) is 0 Å². The van der Waals surface area contributed by atoms with Gasteiger partial charge in [-0.1, -0.05) is 64.5 Å². The lowest BCUT2D eigenvalue weighted by Crippen LogP contribution is -2.26. The van der Waals surface area contributed by atoms with E-state index in [1.165, 1.54) is 5.56 Å². The van der Waals surface area contributed by atoms with E-state index in [0.29, 0.717) is 6.42 Å². The van der Waals surface area contributed by atoms with E-state index in [9.17, 15) is 4.79 Å². The molecule has 0 aromatic heterocycles. The number of amides is 1. The Morgan fingerprint density at radius 3 is 2.45 bits per heavy atom. The minimum Gasteiger partial charge on any atom is -0.356 e. The van der Waals surface area contributed by atoms with Gasteiger partial charge < -0.3 is 5.32 Å². The van der Waals surface area contributed by atoms with Crippen molar-refractivity contribution in [2.45, 2.75) is 19.3 Å². The molecule has 2 nitrogen and oxygen atoms in total. The van der Waals surface area contributed by atoms with Gasteiger partial charge in [-0.2, -0.15) is 0 Å². The van der Waals surface area contributed by atoms with E-state index >= 15 is 0 Å². The second-order valence-corrected chi connectivity index (χ2v) is 5.56. The van der Waals surface area contributed by atoms with Crippen LogP contribution in [0.2, 0.25) is 0 Å². The van der Waals surface area contributed by atoms with Crippen LogP contribution in [0.4, 0.5) is 0 Å². The minimum atomic E-state index is 0.0740. The predicted molar refractivity (Wildman–Crippen MR) is 85.6 cm³/mol. The summed E-state index contributed by atoms with van der Waals surface area (Å²) in [6, 6.07) is 18.1. The Bertz CT molecular complexity index is 554. The number of halogens is 1. The topological polar surface area (TPSA) is 29.1 Å². The summed E-state index contributed by atoms with van der Waals surface area (Å²) in [4.78, 5) is 11.8. The van der Waals surface area contributed by atoms with E-state index in [2.05, 4.69) is 33.4 Å². The van der Waals surface area contributed by atoms with Gasteiger partial charge in [-0.05, 0) is 30.0 Å². The van der Waals surface area contributed by atoms with Crippen LogP contribution >= 0.6 is 15.9 Å². The van der Waals surface area contributed by atoms with Gasteiger partial charge in [0.15, 0.2) is 0 Å². The summed E-state index contributed by atoms with van der Waals surface area (Å²) < 4.78 is 0.986. The van der Waals surface area contributed by atoms with Gasteiger partial charge in [-0.25, -0.2) is 0 Å². The SMILES string of the molecule is O=C(Cc1ccccc1Br)NCCCc1ccccc1. The molecule has 0 saturated carbocycles. The fraction of sp³-hybridized carbons (Fsp3) is 0.235. The first-order valence-electron chi connectivity index (χ1n) is 6.80. The average molecular weight is 332 g/mol. The maximum absolute atomic E-state index is 11.8. The molecule has 0 saturated heterocycles. The maximum atomic E-state index is 11.8. The highest BCUT2D eigenvalue weighted by atomic mass is 79.9. The highest BCUT2D eigenvalue weighted by molar-refractivity contribution is 9.10. The van der Waals surface area contributed by atoms with Gasteiger partial charge in [0.25, 0.3) is 0 Å². The molecule has 2 rings (SSSR count). The van der Waals surface area contributed by atoms with Crippen molar-refractivity contribution >= 4 is 21.8 Å². The molecule has 0 fully saturated rings. The van der Waals surface area contributed by atoms with E-state index in [-0.39, 0.29) is 5.91 Å². The molecule has 20 heavy (non-hydrogen) atoms. The van der Waals surface area contributed by atoms with Crippen LogP contribution in [0.3, 0.4) is 0 Å². The number of carbonyl (C=O) groups excluding carboxylic acids is 1. The summed E-state index contributed by atoms with van der Waals surface area (Å²) in [5.74, 6) is 0.0740. The Hall–Kier alpha value is -1.61. The van der Waals surface area contributed by atoms with Crippen molar-refractivity contribution in [2.75, 3.05) is 6.54 Å². The number of carbonyl (C=O) groups is 1. The van der Waals surface area contributed by atoms with Crippen LogP contribution in [-0.4, -0.2) is 12.5 Å². The van der Waals surface area contributed by atoms with Gasteiger partial charge in [0, 0.05) is 11.0 Å². The van der Waals surface area contributed by atoms with E-state index in [0.717, 1.165) is 29.4 Å². The minimum absolute atomic E-state index is 0.0740. The van der Waals surface area contributed by atoms with Crippen molar-refractivity contribution in [3.05, 3.63) is 70.2 Å². The van der Waals surface area contributed by atoms with Gasteiger partial charge in [0.2, 0.25) is 5.91 Å². The monoisotopic (exact) mass is 331 g/mol. The van der Waals surface area contributed by atoms with Crippen molar-refractivity contribution in [3.63, 3.8) is 0 Å². The third-order valence-electron chi connectivity index (χ3n) is 3.12. The van der Waals surface area contributed by atoms with Gasteiger partial charge in [-0.3, -0.25) is 4.79 Å². The first kappa shape index (κ1) is 14.8. The molecule has 104 valence electrons. The molecule has 2 aromatic carbocycles. The smallest absolute Gasteiger partial charge is 0.224 e. The van der Waals surface area contributed by atoms with Gasteiger partial charge in [0.05, 0.1) is 6.42 Å². The number of aryl methyl sites for hydroxylation is 1. The summed E-state index contributed by atoms with van der Waals surface area (Å²) >= 11 is 3.46. The Kier molecular flexibility index (Phi) is 5.81. The molecule has 0 heterocycles. The molecule has 0 unspecified atom stereocenters. The molecular formula is C17H18BrNO. The fourth-order valence-corrected chi connectivity index (χ4v) is 2.47. The quantitative estimate of drug-likeness (QED) is 0.802. The second kappa shape index (κ2) is 7.85. The molecule has 0 atom stereocenters. The lowest BCUT2D eigenvalue weighted by molar-refractivity contribution is -0.120. The third-order valence-corrected chi connectivity index (χ3v) is 3.89. The van der Waals surface area contributed by atoms with Crippen LogP contribution in [-0.2, 0) is 17.6 Å². The molecule has 0 bridgehead atoms. The van der Waals surface area contributed by atoms with Crippen LogP contribution in [0.5, 0.6) is 0 Å². The lowest BCUT2D eigenvalue weighted by atomic mass is 10.1. The zero-order valence-electron chi connectivity index (χ0n) is 11.3. The Labute approximate surface area is 128 Å². The standard InChI is InChI=1S/C17H18BrNO/c18-16-11-5-4-10-15(16)13-17(20)19-12-6-9-14-7-2-1-3-8-14/h1-5,7-8,10-11H,6,9,12-13H2,(H,19,20). The second-order valence-electron chi connectivity index (χ2n) is 4.71. The fourth-order valence-electron chi connectivity index (χ4n) is 2.04. The van der Waals surface area contributed by atoms with Gasteiger partial charge >= 0.3 is 0 Å². The lowest BCUT2D eigenvalue weighted by Gasteiger charge is -2.06. The molecule has 0 spiro atoms. The Balaban J connectivity index is 1.69. The number of nitrogens with one attached hydrogen (secondary N) is 1. The molecule has 0 aliphatic heterocycles. The largest absolute Gasteiger partial charge is 0.356 e. The summed E-state index contributed by atoms with van der Waals surface area (Å²) in [5.41, 5.74) is 2.33. The Morgan fingerprint density at radius 2 is 1.70 bits per heavy atom. The summed E-state index contributed by atoms with van der Waals surface area (Å²) in [7, 11) is 0. The van der Waals surface area contributed by atoms with E-state index in [1.807, 2.05) is 42.5 Å². The summed E-state index contributed by atoms with van der Waals surface area (Å²) in [6.45, 7) is 0.720. The summed E-state index contributed by atoms with van der Waals surface area (Å²) in [6.07, 6.45) is 2.38. The van der Waals surface area contributed by atoms with Gasteiger partial charge in [0.1, 0.15) is 0 Å².